The number of carbonyl (C=O) groups excluding carboxylic acids is 1. The largest absolute Gasteiger partial charge is 0.496 e. The molecule has 1 aromatic carbocycles. The zero-order valence-electron chi connectivity index (χ0n) is 11.0. The van der Waals surface area contributed by atoms with E-state index >= 15 is 0 Å². The van der Waals surface area contributed by atoms with E-state index in [2.05, 4.69) is 31.6 Å². The van der Waals surface area contributed by atoms with Gasteiger partial charge in [-0.25, -0.2) is 5.43 Å². The summed E-state index contributed by atoms with van der Waals surface area (Å²) in [6, 6.07) is 5.44. The van der Waals surface area contributed by atoms with Gasteiger partial charge in [-0.1, -0.05) is 20.8 Å². The Morgan fingerprint density at radius 3 is 2.41 bits per heavy atom. The highest BCUT2D eigenvalue weighted by molar-refractivity contribution is 5.94. The fraction of sp³-hybridized carbons (Fsp3) is 0.462. The Kier molecular flexibility index (Phi) is 4.12. The van der Waals surface area contributed by atoms with Crippen molar-refractivity contribution in [2.24, 2.45) is 0 Å². The highest BCUT2D eigenvalue weighted by Gasteiger charge is 2.20. The van der Waals surface area contributed by atoms with E-state index in [9.17, 15) is 4.79 Å². The minimum absolute atomic E-state index is 0.0682. The molecule has 0 radical (unpaired) electrons. The number of methoxy groups -OCH3 is 1. The number of nitrogens with one attached hydrogen (secondary N) is 2. The third kappa shape index (κ3) is 3.20. The zero-order chi connectivity index (χ0) is 13.1. The molecule has 0 bridgehead atoms. The first-order valence-electron chi connectivity index (χ1n) is 5.55. The molecule has 94 valence electrons. The Bertz CT molecular complexity index is 408. The van der Waals surface area contributed by atoms with Crippen LogP contribution in [0.2, 0.25) is 0 Å². The smallest absolute Gasteiger partial charge is 0.265 e. The SMILES string of the molecule is CNNC(=O)c1ccc(OC)c(C(C)(C)C)c1. The van der Waals surface area contributed by atoms with Crippen molar-refractivity contribution in [2.45, 2.75) is 26.2 Å². The lowest BCUT2D eigenvalue weighted by atomic mass is 9.85. The molecule has 0 aliphatic rings. The van der Waals surface area contributed by atoms with Gasteiger partial charge in [0.1, 0.15) is 5.75 Å². The highest BCUT2D eigenvalue weighted by atomic mass is 16.5. The van der Waals surface area contributed by atoms with Gasteiger partial charge in [0, 0.05) is 18.2 Å². The molecule has 0 unspecified atom stereocenters. The van der Waals surface area contributed by atoms with Gasteiger partial charge in [0.15, 0.2) is 0 Å². The second-order valence-electron chi connectivity index (χ2n) is 4.87. The van der Waals surface area contributed by atoms with E-state index in [1.807, 2.05) is 12.1 Å². The van der Waals surface area contributed by atoms with Crippen LogP contribution >= 0.6 is 0 Å². The van der Waals surface area contributed by atoms with Crippen LogP contribution in [0.1, 0.15) is 36.7 Å². The summed E-state index contributed by atoms with van der Waals surface area (Å²) in [5.74, 6) is 0.652. The predicted molar refractivity (Wildman–Crippen MR) is 68.2 cm³/mol. The fourth-order valence-corrected chi connectivity index (χ4v) is 1.62. The lowest BCUT2D eigenvalue weighted by Gasteiger charge is -2.22. The average molecular weight is 236 g/mol. The molecule has 17 heavy (non-hydrogen) atoms. The summed E-state index contributed by atoms with van der Waals surface area (Å²) in [6.45, 7) is 6.26. The third-order valence-corrected chi connectivity index (χ3v) is 2.51. The van der Waals surface area contributed by atoms with Gasteiger partial charge in [-0.3, -0.25) is 10.2 Å². The first-order chi connectivity index (χ1) is 7.90. The summed E-state index contributed by atoms with van der Waals surface area (Å²) in [6.07, 6.45) is 0. The van der Waals surface area contributed by atoms with E-state index in [1.54, 1.807) is 20.2 Å². The van der Waals surface area contributed by atoms with E-state index < -0.39 is 0 Å². The van der Waals surface area contributed by atoms with Gasteiger partial charge < -0.3 is 4.74 Å². The van der Waals surface area contributed by atoms with Crippen molar-refractivity contribution in [1.29, 1.82) is 0 Å². The van der Waals surface area contributed by atoms with Crippen molar-refractivity contribution in [2.75, 3.05) is 14.2 Å². The Balaban J connectivity index is 3.18. The zero-order valence-corrected chi connectivity index (χ0v) is 11.0. The fourth-order valence-electron chi connectivity index (χ4n) is 1.62. The van der Waals surface area contributed by atoms with Crippen LogP contribution in [-0.2, 0) is 5.41 Å². The van der Waals surface area contributed by atoms with Crippen molar-refractivity contribution < 1.29 is 9.53 Å². The Morgan fingerprint density at radius 2 is 1.94 bits per heavy atom. The second-order valence-corrected chi connectivity index (χ2v) is 4.87. The molecule has 1 rings (SSSR count). The summed E-state index contributed by atoms with van der Waals surface area (Å²) in [5.41, 5.74) is 6.74. The van der Waals surface area contributed by atoms with Gasteiger partial charge in [0.2, 0.25) is 0 Å². The Labute approximate surface area is 102 Å². The molecule has 0 aliphatic heterocycles. The van der Waals surface area contributed by atoms with E-state index in [4.69, 9.17) is 4.74 Å². The lowest BCUT2D eigenvalue weighted by Crippen LogP contribution is -2.34. The molecule has 4 nitrogen and oxygen atoms in total. The monoisotopic (exact) mass is 236 g/mol. The van der Waals surface area contributed by atoms with Gasteiger partial charge in [-0.15, -0.1) is 0 Å². The first-order valence-corrected chi connectivity index (χ1v) is 5.55. The maximum Gasteiger partial charge on any atom is 0.265 e. The minimum Gasteiger partial charge on any atom is -0.496 e. The van der Waals surface area contributed by atoms with Gasteiger partial charge >= 0.3 is 0 Å². The standard InChI is InChI=1S/C13H20N2O2/c1-13(2,3)10-8-9(12(16)15-14-4)6-7-11(10)17-5/h6-8,14H,1-5H3,(H,15,16). The van der Waals surface area contributed by atoms with Crippen molar-refractivity contribution in [3.63, 3.8) is 0 Å². The summed E-state index contributed by atoms with van der Waals surface area (Å²) in [4.78, 5) is 11.7. The van der Waals surface area contributed by atoms with Crippen LogP contribution < -0.4 is 15.6 Å². The summed E-state index contributed by atoms with van der Waals surface area (Å²) in [7, 11) is 3.30. The molecule has 0 spiro atoms. The maximum absolute atomic E-state index is 11.7. The summed E-state index contributed by atoms with van der Waals surface area (Å²) >= 11 is 0. The van der Waals surface area contributed by atoms with Crippen molar-refractivity contribution in [3.8, 4) is 5.75 Å². The van der Waals surface area contributed by atoms with Crippen LogP contribution in [0.25, 0.3) is 0 Å². The number of hydrogen-bond acceptors (Lipinski definition) is 3. The Hall–Kier alpha value is -1.55. The van der Waals surface area contributed by atoms with Crippen LogP contribution in [0.5, 0.6) is 5.75 Å². The third-order valence-electron chi connectivity index (χ3n) is 2.51. The molecule has 0 saturated carbocycles. The van der Waals surface area contributed by atoms with E-state index in [1.165, 1.54) is 0 Å². The summed E-state index contributed by atoms with van der Waals surface area (Å²) < 4.78 is 5.32. The molecule has 0 aliphatic carbocycles. The second kappa shape index (κ2) is 5.19. The van der Waals surface area contributed by atoms with Crippen molar-refractivity contribution in [1.82, 2.24) is 10.9 Å². The molecule has 2 N–H and O–H groups in total. The van der Waals surface area contributed by atoms with Crippen LogP contribution in [0.3, 0.4) is 0 Å². The minimum atomic E-state index is -0.152. The lowest BCUT2D eigenvalue weighted by molar-refractivity contribution is 0.0938. The Morgan fingerprint density at radius 1 is 1.29 bits per heavy atom. The number of benzene rings is 1. The molecule has 1 aromatic rings. The molecular formula is C13H20N2O2. The number of rotatable bonds is 3. The topological polar surface area (TPSA) is 50.4 Å². The summed E-state index contributed by atoms with van der Waals surface area (Å²) in [5, 5.41) is 0. The molecule has 1 amide bonds. The molecule has 0 heterocycles. The molecule has 0 saturated heterocycles. The van der Waals surface area contributed by atoms with Gasteiger partial charge in [0.25, 0.3) is 5.91 Å². The van der Waals surface area contributed by atoms with Crippen molar-refractivity contribution in [3.05, 3.63) is 29.3 Å². The van der Waals surface area contributed by atoms with E-state index in [0.717, 1.165) is 11.3 Å². The molecule has 0 atom stereocenters. The normalized spacial score (nSPS) is 11.1. The number of carbonyl (C=O) groups is 1. The van der Waals surface area contributed by atoms with Gasteiger partial charge in [-0.2, -0.15) is 0 Å². The van der Waals surface area contributed by atoms with Crippen LogP contribution in [0, 0.1) is 0 Å². The van der Waals surface area contributed by atoms with Gasteiger partial charge in [-0.05, 0) is 23.6 Å². The highest BCUT2D eigenvalue weighted by Crippen LogP contribution is 2.31. The average Bonchev–Trinajstić information content (AvgIpc) is 2.27. The molecule has 4 heteroatoms. The van der Waals surface area contributed by atoms with Crippen LogP contribution in [0.15, 0.2) is 18.2 Å². The number of hydrazine groups is 1. The van der Waals surface area contributed by atoms with Crippen molar-refractivity contribution >= 4 is 5.91 Å². The maximum atomic E-state index is 11.7. The predicted octanol–water partition coefficient (Wildman–Crippen LogP) is 1.86. The van der Waals surface area contributed by atoms with E-state index in [-0.39, 0.29) is 11.3 Å². The van der Waals surface area contributed by atoms with Crippen LogP contribution in [0.4, 0.5) is 0 Å². The number of ether oxygens (including phenoxy) is 1. The molecule has 0 fully saturated rings. The molecule has 0 aromatic heterocycles. The van der Waals surface area contributed by atoms with Crippen LogP contribution in [-0.4, -0.2) is 20.1 Å². The number of amides is 1. The van der Waals surface area contributed by atoms with Gasteiger partial charge in [0.05, 0.1) is 7.11 Å². The number of hydrogen-bond donors (Lipinski definition) is 2. The molecular weight excluding hydrogens is 216 g/mol. The quantitative estimate of drug-likeness (QED) is 0.788. The van der Waals surface area contributed by atoms with E-state index in [0.29, 0.717) is 5.56 Å². The first kappa shape index (κ1) is 13.5.